The first-order chi connectivity index (χ1) is 9.52. The third kappa shape index (κ3) is 7.48. The molecule has 1 atom stereocenters. The highest BCUT2D eigenvalue weighted by Crippen LogP contribution is 2.16. The number of para-hydroxylation sites is 1. The molecule has 1 unspecified atom stereocenters. The fraction of sp³-hybridized carbons (Fsp3) is 0.385. The molecule has 118 valence electrons. The van der Waals surface area contributed by atoms with E-state index in [-0.39, 0.29) is 43.7 Å². The Morgan fingerprint density at radius 1 is 1.29 bits per heavy atom. The number of nitrogens with one attached hydrogen (secondary N) is 2. The Bertz CT molecular complexity index is 474. The summed E-state index contributed by atoms with van der Waals surface area (Å²) < 4.78 is 18.7. The van der Waals surface area contributed by atoms with Crippen LogP contribution in [0.25, 0.3) is 0 Å². The van der Waals surface area contributed by atoms with E-state index in [0.29, 0.717) is 0 Å². The summed E-state index contributed by atoms with van der Waals surface area (Å²) in [5.41, 5.74) is 5.08. The number of hydrogen-bond acceptors (Lipinski definition) is 4. The lowest BCUT2D eigenvalue weighted by atomic mass is 10.3. The monoisotopic (exact) mass is 319 g/mol. The highest BCUT2D eigenvalue weighted by atomic mass is 35.5. The first kappa shape index (κ1) is 19.1. The number of hydrogen-bond donors (Lipinski definition) is 3. The molecule has 8 heteroatoms. The molecule has 1 aromatic rings. The molecule has 2 amide bonds. The minimum Gasteiger partial charge on any atom is -0.486 e. The average Bonchev–Trinajstić information content (AvgIpc) is 2.45. The van der Waals surface area contributed by atoms with Crippen molar-refractivity contribution in [3.05, 3.63) is 30.1 Å². The molecular formula is C13H19ClFN3O3. The molecule has 0 heterocycles. The van der Waals surface area contributed by atoms with Crippen molar-refractivity contribution in [3.8, 4) is 5.75 Å². The molecule has 0 aliphatic carbocycles. The summed E-state index contributed by atoms with van der Waals surface area (Å²) in [4.78, 5) is 22.2. The fourth-order valence-electron chi connectivity index (χ4n) is 1.37. The van der Waals surface area contributed by atoms with Crippen molar-refractivity contribution in [1.82, 2.24) is 10.6 Å². The normalized spacial score (nSPS) is 11.0. The smallest absolute Gasteiger partial charge is 0.239 e. The van der Waals surface area contributed by atoms with Crippen LogP contribution in [0.3, 0.4) is 0 Å². The summed E-state index contributed by atoms with van der Waals surface area (Å²) in [7, 11) is 0. The molecule has 0 spiro atoms. The van der Waals surface area contributed by atoms with Crippen molar-refractivity contribution >= 4 is 24.2 Å². The lowest BCUT2D eigenvalue weighted by Crippen LogP contribution is -2.42. The van der Waals surface area contributed by atoms with Gasteiger partial charge in [0.25, 0.3) is 0 Å². The molecule has 0 fully saturated rings. The Labute approximate surface area is 128 Å². The summed E-state index contributed by atoms with van der Waals surface area (Å²) in [5, 5.41) is 4.90. The lowest BCUT2D eigenvalue weighted by molar-refractivity contribution is -0.125. The summed E-state index contributed by atoms with van der Waals surface area (Å²) in [5.74, 6) is -1.10. The molecule has 0 radical (unpaired) electrons. The SMILES string of the molecule is CC(CNC(=O)CNC(=O)CN)Oc1ccccc1F.Cl. The van der Waals surface area contributed by atoms with E-state index in [1.807, 2.05) is 0 Å². The van der Waals surface area contributed by atoms with Gasteiger partial charge in [0, 0.05) is 0 Å². The Morgan fingerprint density at radius 3 is 2.57 bits per heavy atom. The fourth-order valence-corrected chi connectivity index (χ4v) is 1.37. The van der Waals surface area contributed by atoms with Crippen molar-refractivity contribution < 1.29 is 18.7 Å². The van der Waals surface area contributed by atoms with E-state index >= 15 is 0 Å². The Morgan fingerprint density at radius 2 is 1.95 bits per heavy atom. The number of amides is 2. The topological polar surface area (TPSA) is 93.5 Å². The molecule has 4 N–H and O–H groups in total. The van der Waals surface area contributed by atoms with Gasteiger partial charge in [-0.25, -0.2) is 4.39 Å². The van der Waals surface area contributed by atoms with Gasteiger partial charge < -0.3 is 21.1 Å². The number of ether oxygens (including phenoxy) is 1. The van der Waals surface area contributed by atoms with Gasteiger partial charge >= 0.3 is 0 Å². The van der Waals surface area contributed by atoms with E-state index in [0.717, 1.165) is 0 Å². The maximum absolute atomic E-state index is 13.3. The van der Waals surface area contributed by atoms with Crippen LogP contribution in [0.2, 0.25) is 0 Å². The molecule has 1 rings (SSSR count). The van der Waals surface area contributed by atoms with E-state index in [1.165, 1.54) is 12.1 Å². The van der Waals surface area contributed by atoms with E-state index in [2.05, 4.69) is 10.6 Å². The highest BCUT2D eigenvalue weighted by molar-refractivity contribution is 5.85. The minimum absolute atomic E-state index is 0. The van der Waals surface area contributed by atoms with Crippen LogP contribution in [0.15, 0.2) is 24.3 Å². The second-order valence-corrected chi connectivity index (χ2v) is 4.14. The Kier molecular flexibility index (Phi) is 9.07. The second-order valence-electron chi connectivity index (χ2n) is 4.14. The summed E-state index contributed by atoms with van der Waals surface area (Å²) in [6.45, 7) is 1.58. The minimum atomic E-state index is -0.458. The van der Waals surface area contributed by atoms with Crippen molar-refractivity contribution in [2.75, 3.05) is 19.6 Å². The molecule has 21 heavy (non-hydrogen) atoms. The van der Waals surface area contributed by atoms with Gasteiger partial charge in [0.05, 0.1) is 19.6 Å². The zero-order chi connectivity index (χ0) is 15.0. The maximum atomic E-state index is 13.3. The first-order valence-electron chi connectivity index (χ1n) is 6.17. The molecule has 1 aromatic carbocycles. The van der Waals surface area contributed by atoms with Gasteiger partial charge in [-0.05, 0) is 19.1 Å². The summed E-state index contributed by atoms with van der Waals surface area (Å²) in [6.07, 6.45) is -0.402. The molecule has 0 aliphatic heterocycles. The molecule has 0 saturated carbocycles. The molecule has 0 saturated heterocycles. The van der Waals surface area contributed by atoms with E-state index in [1.54, 1.807) is 19.1 Å². The number of carbonyl (C=O) groups excluding carboxylic acids is 2. The second kappa shape index (κ2) is 9.95. The molecule has 6 nitrogen and oxygen atoms in total. The standard InChI is InChI=1S/C13H18FN3O3.ClH/c1-9(20-11-5-3-2-4-10(11)14)7-16-13(19)8-17-12(18)6-15;/h2-5,9H,6-8,15H2,1H3,(H,16,19)(H,17,18);1H. The van der Waals surface area contributed by atoms with Gasteiger partial charge in [0.2, 0.25) is 11.8 Å². The number of nitrogens with two attached hydrogens (primary N) is 1. The average molecular weight is 320 g/mol. The first-order valence-corrected chi connectivity index (χ1v) is 6.17. The van der Waals surface area contributed by atoms with E-state index < -0.39 is 17.8 Å². The van der Waals surface area contributed by atoms with E-state index in [9.17, 15) is 14.0 Å². The van der Waals surface area contributed by atoms with Gasteiger partial charge in [0.15, 0.2) is 11.6 Å². The largest absolute Gasteiger partial charge is 0.486 e. The van der Waals surface area contributed by atoms with Crippen molar-refractivity contribution in [2.45, 2.75) is 13.0 Å². The highest BCUT2D eigenvalue weighted by Gasteiger charge is 2.10. The third-order valence-electron chi connectivity index (χ3n) is 2.38. The predicted octanol–water partition coefficient (Wildman–Crippen LogP) is 0.206. The predicted molar refractivity (Wildman–Crippen MR) is 78.8 cm³/mol. The maximum Gasteiger partial charge on any atom is 0.239 e. The van der Waals surface area contributed by atoms with Crippen LogP contribution in [0.1, 0.15) is 6.92 Å². The van der Waals surface area contributed by atoms with Crippen LogP contribution in [-0.4, -0.2) is 37.6 Å². The van der Waals surface area contributed by atoms with Crippen LogP contribution < -0.4 is 21.1 Å². The Balaban J connectivity index is 0.00000400. The van der Waals surface area contributed by atoms with Gasteiger partial charge in [-0.3, -0.25) is 9.59 Å². The molecule has 0 aromatic heterocycles. The van der Waals surface area contributed by atoms with Crippen LogP contribution in [0.5, 0.6) is 5.75 Å². The summed E-state index contributed by atoms with van der Waals surface area (Å²) >= 11 is 0. The number of carbonyl (C=O) groups is 2. The molecule has 0 aliphatic rings. The number of rotatable bonds is 7. The Hall–Kier alpha value is -1.86. The summed E-state index contributed by atoms with van der Waals surface area (Å²) in [6, 6.07) is 6.03. The third-order valence-corrected chi connectivity index (χ3v) is 2.38. The van der Waals surface area contributed by atoms with E-state index in [4.69, 9.17) is 10.5 Å². The zero-order valence-electron chi connectivity index (χ0n) is 11.6. The van der Waals surface area contributed by atoms with Gasteiger partial charge in [-0.1, -0.05) is 12.1 Å². The van der Waals surface area contributed by atoms with Crippen molar-refractivity contribution in [1.29, 1.82) is 0 Å². The quantitative estimate of drug-likeness (QED) is 0.669. The number of benzene rings is 1. The van der Waals surface area contributed by atoms with Crippen molar-refractivity contribution in [3.63, 3.8) is 0 Å². The van der Waals surface area contributed by atoms with Gasteiger partial charge in [0.1, 0.15) is 6.10 Å². The van der Waals surface area contributed by atoms with Crippen molar-refractivity contribution in [2.24, 2.45) is 5.73 Å². The molecular weight excluding hydrogens is 301 g/mol. The van der Waals surface area contributed by atoms with Crippen LogP contribution in [0.4, 0.5) is 4.39 Å². The van der Waals surface area contributed by atoms with Crippen LogP contribution in [0, 0.1) is 5.82 Å². The van der Waals surface area contributed by atoms with Gasteiger partial charge in [-0.2, -0.15) is 0 Å². The van der Waals surface area contributed by atoms with Gasteiger partial charge in [-0.15, -0.1) is 12.4 Å². The molecule has 0 bridgehead atoms. The lowest BCUT2D eigenvalue weighted by Gasteiger charge is -2.16. The van der Waals surface area contributed by atoms with Crippen LogP contribution in [-0.2, 0) is 9.59 Å². The number of halogens is 2. The zero-order valence-corrected chi connectivity index (χ0v) is 12.4. The van der Waals surface area contributed by atoms with Crippen LogP contribution >= 0.6 is 12.4 Å².